The fraction of sp³-hybridized carbons (Fsp3) is 0.545. The first-order valence-corrected chi connectivity index (χ1v) is 13.9. The Balaban J connectivity index is 1.58. The van der Waals surface area contributed by atoms with Crippen LogP contribution in [0.3, 0.4) is 0 Å². The van der Waals surface area contributed by atoms with Crippen LogP contribution in [0.1, 0.15) is 49.9 Å². The number of rotatable bonds is 6. The van der Waals surface area contributed by atoms with Gasteiger partial charge >= 0.3 is 0 Å². The molecular weight excluding hydrogens is 496 g/mol. The van der Waals surface area contributed by atoms with Crippen LogP contribution < -0.4 is 14.9 Å². The summed E-state index contributed by atoms with van der Waals surface area (Å²) in [4.78, 5) is 11.5. The minimum atomic E-state index is -3.84. The van der Waals surface area contributed by atoms with Crippen molar-refractivity contribution >= 4 is 38.0 Å². The SMILES string of the molecule is Cc1nc(-c2nnc(C(F)F)s2)c2cc(S(=O)(=O)NC3(C)CC3)cc(N3C[C@H]4CCC3CN4)c2n1. The maximum Gasteiger partial charge on any atom is 0.291 e. The molecular formula is C22H25F2N7O2S2. The number of aromatic nitrogens is 4. The monoisotopic (exact) mass is 521 g/mol. The van der Waals surface area contributed by atoms with Crippen LogP contribution in [0.25, 0.3) is 21.6 Å². The lowest BCUT2D eigenvalue weighted by Gasteiger charge is -2.47. The van der Waals surface area contributed by atoms with Crippen LogP contribution in [0, 0.1) is 6.92 Å². The Morgan fingerprint density at radius 3 is 2.63 bits per heavy atom. The number of anilines is 1. The van der Waals surface area contributed by atoms with Crippen LogP contribution >= 0.6 is 11.3 Å². The Morgan fingerprint density at radius 2 is 2.03 bits per heavy atom. The normalized spacial score (nSPS) is 23.4. The van der Waals surface area contributed by atoms with E-state index >= 15 is 0 Å². The van der Waals surface area contributed by atoms with Gasteiger partial charge < -0.3 is 10.2 Å². The van der Waals surface area contributed by atoms with Gasteiger partial charge in [-0.25, -0.2) is 31.9 Å². The second-order valence-electron chi connectivity index (χ2n) is 9.86. The van der Waals surface area contributed by atoms with Gasteiger partial charge in [-0.15, -0.1) is 10.2 Å². The smallest absolute Gasteiger partial charge is 0.291 e. The number of alkyl halides is 2. The highest BCUT2D eigenvalue weighted by Gasteiger charge is 2.42. The van der Waals surface area contributed by atoms with E-state index in [2.05, 4.69) is 30.1 Å². The number of piperidine rings is 2. The standard InChI is InChI=1S/C22H25F2N7O2S2/c1-11-26-17-15(18(27-11)20-28-29-21(34-20)19(23)24)7-14(35(32,33)30-22(2)5-6-22)8-16(17)31-10-12-3-4-13(31)9-25-12/h7-8,12-13,19,25,30H,3-6,9-10H2,1-2H3/t12-,13?/m1/s1. The zero-order valence-corrected chi connectivity index (χ0v) is 20.9. The Kier molecular flexibility index (Phi) is 5.33. The van der Waals surface area contributed by atoms with E-state index in [1.165, 1.54) is 6.07 Å². The van der Waals surface area contributed by atoms with Gasteiger partial charge in [-0.1, -0.05) is 11.3 Å². The van der Waals surface area contributed by atoms with Crippen molar-refractivity contribution in [3.63, 3.8) is 0 Å². The van der Waals surface area contributed by atoms with Crippen molar-refractivity contribution in [2.75, 3.05) is 18.0 Å². The van der Waals surface area contributed by atoms with Gasteiger partial charge in [0.05, 0.1) is 16.1 Å². The first kappa shape index (κ1) is 23.1. The van der Waals surface area contributed by atoms with Crippen LogP contribution in [0.15, 0.2) is 17.0 Å². The zero-order valence-electron chi connectivity index (χ0n) is 19.3. The third kappa shape index (κ3) is 4.17. The quantitative estimate of drug-likeness (QED) is 0.509. The fourth-order valence-electron chi connectivity index (χ4n) is 4.93. The lowest BCUT2D eigenvalue weighted by molar-refractivity contribution is 0.150. The Bertz CT molecular complexity index is 1420. The highest BCUT2D eigenvalue weighted by molar-refractivity contribution is 7.89. The maximum absolute atomic E-state index is 13.4. The molecule has 5 heterocycles. The number of fused-ring (bicyclic) bond motifs is 4. The number of nitrogens with one attached hydrogen (secondary N) is 2. The topological polar surface area (TPSA) is 113 Å². The number of hydrogen-bond acceptors (Lipinski definition) is 9. The highest BCUT2D eigenvalue weighted by Crippen LogP contribution is 2.41. The van der Waals surface area contributed by atoms with Crippen molar-refractivity contribution in [1.29, 1.82) is 0 Å². The molecule has 2 atom stereocenters. The van der Waals surface area contributed by atoms with Gasteiger partial charge in [0, 0.05) is 36.1 Å². The number of piperazine rings is 1. The molecule has 7 rings (SSSR count). The summed E-state index contributed by atoms with van der Waals surface area (Å²) in [5.74, 6) is 0.446. The van der Waals surface area contributed by atoms with Gasteiger partial charge in [0.15, 0.2) is 10.0 Å². The van der Waals surface area contributed by atoms with Gasteiger partial charge in [0.25, 0.3) is 6.43 Å². The molecule has 186 valence electrons. The van der Waals surface area contributed by atoms with Crippen molar-refractivity contribution in [1.82, 2.24) is 30.2 Å². The van der Waals surface area contributed by atoms with E-state index in [9.17, 15) is 17.2 Å². The van der Waals surface area contributed by atoms with Crippen molar-refractivity contribution in [3.05, 3.63) is 23.0 Å². The summed E-state index contributed by atoms with van der Waals surface area (Å²) in [6.45, 7) is 5.16. The largest absolute Gasteiger partial charge is 0.364 e. The van der Waals surface area contributed by atoms with Gasteiger partial charge in [-0.05, 0) is 51.7 Å². The van der Waals surface area contributed by atoms with Crippen molar-refractivity contribution in [3.8, 4) is 10.7 Å². The van der Waals surface area contributed by atoms with Crippen LogP contribution in [0.4, 0.5) is 14.5 Å². The van der Waals surface area contributed by atoms with Gasteiger partial charge in [-0.2, -0.15) is 0 Å². The van der Waals surface area contributed by atoms with E-state index in [1.54, 1.807) is 13.0 Å². The molecule has 1 aromatic carbocycles. The molecule has 2 aromatic heterocycles. The molecule has 3 aliphatic heterocycles. The zero-order chi connectivity index (χ0) is 24.5. The minimum absolute atomic E-state index is 0.106. The summed E-state index contributed by atoms with van der Waals surface area (Å²) >= 11 is 0.753. The number of hydrogen-bond donors (Lipinski definition) is 2. The van der Waals surface area contributed by atoms with Gasteiger partial charge in [0.1, 0.15) is 11.5 Å². The molecule has 0 spiro atoms. The molecule has 1 unspecified atom stereocenters. The number of benzene rings is 1. The molecule has 13 heteroatoms. The van der Waals surface area contributed by atoms with E-state index in [4.69, 9.17) is 4.98 Å². The van der Waals surface area contributed by atoms with Crippen LogP contribution in [-0.2, 0) is 10.0 Å². The average Bonchev–Trinajstić information content (AvgIpc) is 3.33. The molecule has 3 saturated heterocycles. The van der Waals surface area contributed by atoms with E-state index in [-0.39, 0.29) is 15.9 Å². The molecule has 9 nitrogen and oxygen atoms in total. The first-order chi connectivity index (χ1) is 16.6. The van der Waals surface area contributed by atoms with Crippen molar-refractivity contribution in [2.24, 2.45) is 0 Å². The highest BCUT2D eigenvalue weighted by atomic mass is 32.2. The summed E-state index contributed by atoms with van der Waals surface area (Å²) in [6, 6.07) is 3.75. The van der Waals surface area contributed by atoms with Gasteiger partial charge in [-0.3, -0.25) is 0 Å². The number of halogens is 2. The first-order valence-electron chi connectivity index (χ1n) is 11.6. The molecule has 1 aliphatic carbocycles. The second kappa shape index (κ2) is 8.08. The molecule has 1 saturated carbocycles. The summed E-state index contributed by atoms with van der Waals surface area (Å²) < 4.78 is 56.2. The summed E-state index contributed by atoms with van der Waals surface area (Å²) in [5, 5.41) is 11.3. The number of aryl methyl sites for hydroxylation is 1. The Hall–Kier alpha value is -2.35. The van der Waals surface area contributed by atoms with E-state index < -0.39 is 27.0 Å². The predicted molar refractivity (Wildman–Crippen MR) is 128 cm³/mol. The molecule has 0 amide bonds. The molecule has 4 aliphatic rings. The molecule has 35 heavy (non-hydrogen) atoms. The van der Waals surface area contributed by atoms with E-state index in [1.807, 2.05) is 6.92 Å². The van der Waals surface area contributed by atoms with Crippen LogP contribution in [0.2, 0.25) is 0 Å². The molecule has 0 radical (unpaired) electrons. The lowest BCUT2D eigenvalue weighted by atomic mass is 9.92. The average molecular weight is 522 g/mol. The molecule has 2 bridgehead atoms. The number of nitrogens with zero attached hydrogens (tertiary/aromatic N) is 5. The molecule has 4 fully saturated rings. The predicted octanol–water partition coefficient (Wildman–Crippen LogP) is 3.17. The lowest BCUT2D eigenvalue weighted by Crippen LogP contribution is -2.61. The van der Waals surface area contributed by atoms with Crippen molar-refractivity contribution < 1.29 is 17.2 Å². The Morgan fingerprint density at radius 1 is 1.23 bits per heavy atom. The number of sulfonamides is 1. The summed E-state index contributed by atoms with van der Waals surface area (Å²) in [5.41, 5.74) is 1.17. The third-order valence-electron chi connectivity index (χ3n) is 7.04. The fourth-order valence-corrected chi connectivity index (χ4v) is 7.15. The molecule has 2 N–H and O–H groups in total. The minimum Gasteiger partial charge on any atom is -0.364 e. The van der Waals surface area contributed by atoms with Gasteiger partial charge in [0.2, 0.25) is 10.0 Å². The van der Waals surface area contributed by atoms with Crippen LogP contribution in [-0.4, -0.2) is 59.3 Å². The van der Waals surface area contributed by atoms with Crippen molar-refractivity contribution in [2.45, 2.75) is 68.5 Å². The van der Waals surface area contributed by atoms with E-state index in [0.717, 1.165) is 50.1 Å². The molecule has 3 aromatic rings. The third-order valence-corrected chi connectivity index (χ3v) is 9.60. The van der Waals surface area contributed by atoms with E-state index in [0.29, 0.717) is 34.2 Å². The maximum atomic E-state index is 13.4. The summed E-state index contributed by atoms with van der Waals surface area (Å²) in [7, 11) is -3.84. The summed E-state index contributed by atoms with van der Waals surface area (Å²) in [6.07, 6.45) is 0.878. The van der Waals surface area contributed by atoms with Crippen LogP contribution in [0.5, 0.6) is 0 Å². The Labute approximate surface area is 205 Å². The second-order valence-corrected chi connectivity index (χ2v) is 12.6.